The smallest absolute Gasteiger partial charge is 0.411 e. The number of ketones is 1. The summed E-state index contributed by atoms with van der Waals surface area (Å²) in [7, 11) is 3.17. The summed E-state index contributed by atoms with van der Waals surface area (Å²) in [6, 6.07) is 17.6. The van der Waals surface area contributed by atoms with Gasteiger partial charge in [-0.15, -0.1) is 0 Å². The van der Waals surface area contributed by atoms with Crippen molar-refractivity contribution in [3.63, 3.8) is 0 Å². The van der Waals surface area contributed by atoms with E-state index in [1.807, 2.05) is 54.6 Å². The van der Waals surface area contributed by atoms with Crippen molar-refractivity contribution >= 4 is 11.9 Å². The third-order valence-electron chi connectivity index (χ3n) is 4.35. The number of benzene rings is 2. The van der Waals surface area contributed by atoms with E-state index in [4.69, 9.17) is 9.47 Å². The van der Waals surface area contributed by atoms with E-state index >= 15 is 0 Å². The molecule has 2 atom stereocenters. The maximum atomic E-state index is 12.5. The van der Waals surface area contributed by atoms with Crippen molar-refractivity contribution < 1.29 is 19.1 Å². The maximum absolute atomic E-state index is 12.5. The minimum Gasteiger partial charge on any atom is -0.416 e. The van der Waals surface area contributed by atoms with Crippen LogP contribution in [0.4, 0.5) is 4.79 Å². The van der Waals surface area contributed by atoms with Gasteiger partial charge < -0.3 is 14.4 Å². The van der Waals surface area contributed by atoms with Crippen molar-refractivity contribution in [2.24, 2.45) is 0 Å². The predicted molar refractivity (Wildman–Crippen MR) is 98.4 cm³/mol. The molecule has 0 aliphatic carbocycles. The van der Waals surface area contributed by atoms with E-state index in [2.05, 4.69) is 0 Å². The van der Waals surface area contributed by atoms with Gasteiger partial charge in [0.25, 0.3) is 0 Å². The standard InChI is InChI=1S/C21H21NO4/c1-21(18(23)13-14-19(26-21)25-20(24)22(2)3)17-11-9-16(10-12-17)15-7-5-4-6-8-15/h4-14,19H,1-3H3. The second-order valence-electron chi connectivity index (χ2n) is 6.46. The fraction of sp³-hybridized carbons (Fsp3) is 0.238. The quantitative estimate of drug-likeness (QED) is 0.845. The van der Waals surface area contributed by atoms with Gasteiger partial charge in [0, 0.05) is 14.1 Å². The summed E-state index contributed by atoms with van der Waals surface area (Å²) in [6.45, 7) is 1.69. The number of hydrogen-bond acceptors (Lipinski definition) is 4. The molecule has 0 bridgehead atoms. The molecule has 1 heterocycles. The molecule has 1 amide bonds. The summed E-state index contributed by atoms with van der Waals surface area (Å²) in [5.74, 6) is -0.192. The molecule has 0 N–H and O–H groups in total. The van der Waals surface area contributed by atoms with E-state index in [0.29, 0.717) is 5.56 Å². The molecule has 26 heavy (non-hydrogen) atoms. The first-order valence-corrected chi connectivity index (χ1v) is 8.34. The van der Waals surface area contributed by atoms with Crippen LogP contribution in [0.15, 0.2) is 66.7 Å². The molecular weight excluding hydrogens is 330 g/mol. The molecule has 2 aromatic carbocycles. The molecule has 0 radical (unpaired) electrons. The lowest BCUT2D eigenvalue weighted by atomic mass is 9.88. The average Bonchev–Trinajstić information content (AvgIpc) is 2.65. The number of carbonyl (C=O) groups is 2. The fourth-order valence-corrected chi connectivity index (χ4v) is 2.74. The predicted octanol–water partition coefficient (Wildman–Crippen LogP) is 3.75. The van der Waals surface area contributed by atoms with Crippen molar-refractivity contribution in [1.82, 2.24) is 4.90 Å². The molecule has 0 fully saturated rings. The minimum absolute atomic E-state index is 0.192. The third kappa shape index (κ3) is 3.53. The highest BCUT2D eigenvalue weighted by Gasteiger charge is 2.40. The van der Waals surface area contributed by atoms with Crippen LogP contribution in [0.3, 0.4) is 0 Å². The van der Waals surface area contributed by atoms with Crippen molar-refractivity contribution in [3.05, 3.63) is 72.3 Å². The van der Waals surface area contributed by atoms with Gasteiger partial charge in [0.1, 0.15) is 0 Å². The van der Waals surface area contributed by atoms with Crippen molar-refractivity contribution in [3.8, 4) is 11.1 Å². The van der Waals surface area contributed by atoms with Gasteiger partial charge in [-0.25, -0.2) is 4.79 Å². The van der Waals surface area contributed by atoms with Gasteiger partial charge in [0.2, 0.25) is 6.29 Å². The highest BCUT2D eigenvalue weighted by Crippen LogP contribution is 2.33. The van der Waals surface area contributed by atoms with E-state index < -0.39 is 18.0 Å². The van der Waals surface area contributed by atoms with Crippen molar-refractivity contribution in [2.75, 3.05) is 14.1 Å². The average molecular weight is 351 g/mol. The molecule has 0 saturated carbocycles. The molecule has 2 aromatic rings. The Bertz CT molecular complexity index is 827. The lowest BCUT2D eigenvalue weighted by Crippen LogP contribution is -2.43. The Balaban J connectivity index is 1.83. The van der Waals surface area contributed by atoms with Crippen LogP contribution in [0.2, 0.25) is 0 Å². The van der Waals surface area contributed by atoms with E-state index in [-0.39, 0.29) is 5.78 Å². The zero-order valence-corrected chi connectivity index (χ0v) is 15.0. The van der Waals surface area contributed by atoms with Crippen LogP contribution in [0.1, 0.15) is 12.5 Å². The van der Waals surface area contributed by atoms with E-state index in [1.54, 1.807) is 21.0 Å². The van der Waals surface area contributed by atoms with Gasteiger partial charge in [0.05, 0.1) is 0 Å². The van der Waals surface area contributed by atoms with Crippen LogP contribution >= 0.6 is 0 Å². The van der Waals surface area contributed by atoms with Crippen molar-refractivity contribution in [2.45, 2.75) is 18.8 Å². The van der Waals surface area contributed by atoms with Gasteiger partial charge in [-0.1, -0.05) is 54.6 Å². The number of amides is 1. The molecule has 0 saturated heterocycles. The molecule has 1 aliphatic rings. The first-order valence-electron chi connectivity index (χ1n) is 8.34. The first-order chi connectivity index (χ1) is 12.4. The van der Waals surface area contributed by atoms with Crippen LogP contribution < -0.4 is 0 Å². The molecule has 0 aromatic heterocycles. The monoisotopic (exact) mass is 351 g/mol. The largest absolute Gasteiger partial charge is 0.416 e. The van der Waals surface area contributed by atoms with Gasteiger partial charge in [-0.3, -0.25) is 4.79 Å². The van der Waals surface area contributed by atoms with E-state index in [9.17, 15) is 9.59 Å². The van der Waals surface area contributed by atoms with Crippen LogP contribution in [0.25, 0.3) is 11.1 Å². The number of ether oxygens (including phenoxy) is 2. The Morgan fingerprint density at radius 2 is 1.65 bits per heavy atom. The van der Waals surface area contributed by atoms with Crippen molar-refractivity contribution in [1.29, 1.82) is 0 Å². The summed E-state index contributed by atoms with van der Waals surface area (Å²) in [6.07, 6.45) is 1.41. The minimum atomic E-state index is -1.21. The molecule has 3 rings (SSSR count). The third-order valence-corrected chi connectivity index (χ3v) is 4.35. The van der Waals surface area contributed by atoms with Crippen LogP contribution in [-0.2, 0) is 19.9 Å². The van der Waals surface area contributed by atoms with E-state index in [1.165, 1.54) is 17.1 Å². The van der Waals surface area contributed by atoms with Crippen LogP contribution in [0, 0.1) is 0 Å². The summed E-state index contributed by atoms with van der Waals surface area (Å²) in [4.78, 5) is 25.5. The summed E-state index contributed by atoms with van der Waals surface area (Å²) >= 11 is 0. The summed E-state index contributed by atoms with van der Waals surface area (Å²) < 4.78 is 11.1. The topological polar surface area (TPSA) is 55.8 Å². The second kappa shape index (κ2) is 7.14. The zero-order chi connectivity index (χ0) is 18.7. The molecule has 1 aliphatic heterocycles. The number of hydrogen-bond donors (Lipinski definition) is 0. The van der Waals surface area contributed by atoms with Crippen LogP contribution in [-0.4, -0.2) is 37.2 Å². The van der Waals surface area contributed by atoms with Gasteiger partial charge in [0.15, 0.2) is 11.4 Å². The Hall–Kier alpha value is -2.92. The second-order valence-corrected chi connectivity index (χ2v) is 6.46. The first kappa shape index (κ1) is 17.9. The Morgan fingerprint density at radius 1 is 1.04 bits per heavy atom. The Morgan fingerprint density at radius 3 is 2.27 bits per heavy atom. The highest BCUT2D eigenvalue weighted by molar-refractivity contribution is 5.98. The molecule has 2 unspecified atom stereocenters. The Labute approximate surface area is 152 Å². The summed E-state index contributed by atoms with van der Waals surface area (Å²) in [5.41, 5.74) is 1.64. The van der Waals surface area contributed by atoms with Gasteiger partial charge in [-0.2, -0.15) is 0 Å². The maximum Gasteiger partial charge on any atom is 0.411 e. The van der Waals surface area contributed by atoms with Gasteiger partial charge >= 0.3 is 6.09 Å². The van der Waals surface area contributed by atoms with Gasteiger partial charge in [-0.05, 0) is 35.8 Å². The zero-order valence-electron chi connectivity index (χ0n) is 15.0. The summed E-state index contributed by atoms with van der Waals surface area (Å²) in [5, 5.41) is 0. The lowest BCUT2D eigenvalue weighted by Gasteiger charge is -2.34. The Kier molecular flexibility index (Phi) is 4.91. The lowest BCUT2D eigenvalue weighted by molar-refractivity contribution is -0.179. The molecule has 5 heteroatoms. The number of carbonyl (C=O) groups excluding carboxylic acids is 2. The molecule has 0 spiro atoms. The number of nitrogens with zero attached hydrogens (tertiary/aromatic N) is 1. The van der Waals surface area contributed by atoms with E-state index in [0.717, 1.165) is 11.1 Å². The number of rotatable bonds is 3. The normalized spacial score (nSPS) is 22.1. The van der Waals surface area contributed by atoms with Crippen LogP contribution in [0.5, 0.6) is 0 Å². The highest BCUT2D eigenvalue weighted by atomic mass is 16.7. The fourth-order valence-electron chi connectivity index (χ4n) is 2.74. The SMILES string of the molecule is CN(C)C(=O)OC1C=CC(=O)C(C)(c2ccc(-c3ccccc3)cc2)O1. The molecular formula is C21H21NO4. The molecule has 5 nitrogen and oxygen atoms in total. The molecule has 134 valence electrons.